The van der Waals surface area contributed by atoms with E-state index >= 15 is 0 Å². The van der Waals surface area contributed by atoms with E-state index in [4.69, 9.17) is 5.26 Å². The number of halogens is 1. The van der Waals surface area contributed by atoms with Gasteiger partial charge in [0.2, 0.25) is 0 Å². The number of carbonyl (C=O) groups is 1. The van der Waals surface area contributed by atoms with Crippen molar-refractivity contribution in [3.63, 3.8) is 0 Å². The van der Waals surface area contributed by atoms with E-state index < -0.39 is 0 Å². The summed E-state index contributed by atoms with van der Waals surface area (Å²) in [7, 11) is 0. The van der Waals surface area contributed by atoms with Gasteiger partial charge >= 0.3 is 0 Å². The first-order chi connectivity index (χ1) is 16.4. The van der Waals surface area contributed by atoms with Crippen LogP contribution in [0.1, 0.15) is 34.2 Å². The molecule has 1 aliphatic carbocycles. The number of benzene rings is 2. The summed E-state index contributed by atoms with van der Waals surface area (Å²) in [6, 6.07) is 17.6. The van der Waals surface area contributed by atoms with Crippen molar-refractivity contribution in [2.75, 3.05) is 13.1 Å². The Labute approximate surface area is 196 Å². The normalized spacial score (nSPS) is 23.1. The lowest BCUT2D eigenvalue weighted by atomic mass is 9.88. The van der Waals surface area contributed by atoms with Crippen molar-refractivity contribution >= 4 is 16.8 Å². The minimum absolute atomic E-state index is 0.0846. The number of aromatic nitrogens is 3. The van der Waals surface area contributed by atoms with E-state index in [1.165, 1.54) is 17.7 Å². The molecule has 0 N–H and O–H groups in total. The summed E-state index contributed by atoms with van der Waals surface area (Å²) in [5.41, 5.74) is 4.67. The Morgan fingerprint density at radius 2 is 2.00 bits per heavy atom. The highest BCUT2D eigenvalue weighted by molar-refractivity contribution is 5.93. The fourth-order valence-corrected chi connectivity index (χ4v) is 5.86. The highest BCUT2D eigenvalue weighted by atomic mass is 19.1. The molecule has 3 atom stereocenters. The van der Waals surface area contributed by atoms with E-state index in [1.807, 2.05) is 21.8 Å². The van der Waals surface area contributed by atoms with Gasteiger partial charge < -0.3 is 4.90 Å². The van der Waals surface area contributed by atoms with Crippen LogP contribution in [0.4, 0.5) is 4.39 Å². The third-order valence-electron chi connectivity index (χ3n) is 7.69. The Morgan fingerprint density at radius 1 is 1.21 bits per heavy atom. The van der Waals surface area contributed by atoms with E-state index in [2.05, 4.69) is 36.1 Å². The van der Waals surface area contributed by atoms with Gasteiger partial charge in [-0.1, -0.05) is 13.0 Å². The Bertz CT molecular complexity index is 1500. The molecule has 1 saturated carbocycles. The fourth-order valence-electron chi connectivity index (χ4n) is 5.86. The quantitative estimate of drug-likeness (QED) is 0.463. The van der Waals surface area contributed by atoms with Crippen LogP contribution in [0.15, 0.2) is 60.8 Å². The molecule has 2 fully saturated rings. The number of nitriles is 1. The van der Waals surface area contributed by atoms with Crippen molar-refractivity contribution in [1.29, 1.82) is 5.26 Å². The summed E-state index contributed by atoms with van der Waals surface area (Å²) in [4.78, 5) is 19.2. The molecule has 34 heavy (non-hydrogen) atoms. The van der Waals surface area contributed by atoms with Gasteiger partial charge in [-0.3, -0.25) is 4.79 Å². The minimum atomic E-state index is -0.276. The van der Waals surface area contributed by atoms with Gasteiger partial charge in [-0.15, -0.1) is 0 Å². The lowest BCUT2D eigenvalue weighted by molar-refractivity contribution is 0.0759. The first kappa shape index (κ1) is 20.5. The van der Waals surface area contributed by atoms with Gasteiger partial charge in [0, 0.05) is 23.9 Å². The van der Waals surface area contributed by atoms with Crippen LogP contribution in [-0.2, 0) is 5.41 Å². The van der Waals surface area contributed by atoms with Crippen LogP contribution < -0.4 is 0 Å². The number of likely N-dealkylation sites (tertiary alicyclic amines) is 1. The topological polar surface area (TPSA) is 74.8 Å². The number of hydrogen-bond donors (Lipinski definition) is 0. The predicted octanol–water partition coefficient (Wildman–Crippen LogP) is 4.40. The smallest absolute Gasteiger partial charge is 0.272 e. The number of nitrogens with zero attached hydrogens (tertiary/aromatic N) is 5. The molecule has 168 valence electrons. The lowest BCUT2D eigenvalue weighted by Crippen LogP contribution is -2.35. The standard InChI is InChI=1S/C27H22FN5O/c1-16-10-25-18(13-30-33(25)21-8-6-19(28)7-9-21)11-22(16)27-15-32(14-23(27)17(27)2)26(34)24-5-3-4-20(12-29)31-24/h3-11,13,17,23H,14-15H2,1-2H3/t17-,23-,27+/m1/s1. The van der Waals surface area contributed by atoms with Gasteiger partial charge in [-0.05, 0) is 78.4 Å². The highest BCUT2D eigenvalue weighted by Crippen LogP contribution is 2.64. The number of hydrogen-bond acceptors (Lipinski definition) is 4. The number of aryl methyl sites for hydroxylation is 1. The SMILES string of the molecule is Cc1cc2c(cnn2-c2ccc(F)cc2)cc1[C@@]12CN(C(=O)c3cccc(C#N)n3)C[C@@H]1[C@H]2C. The molecule has 0 radical (unpaired) electrons. The zero-order valence-electron chi connectivity index (χ0n) is 18.9. The zero-order chi connectivity index (χ0) is 23.6. The maximum Gasteiger partial charge on any atom is 0.272 e. The van der Waals surface area contributed by atoms with E-state index in [0.29, 0.717) is 30.6 Å². The van der Waals surface area contributed by atoms with E-state index in [9.17, 15) is 9.18 Å². The molecule has 6 nitrogen and oxygen atoms in total. The minimum Gasteiger partial charge on any atom is -0.336 e. The number of amides is 1. The fraction of sp³-hybridized carbons (Fsp3) is 0.259. The van der Waals surface area contributed by atoms with E-state index in [-0.39, 0.29) is 22.8 Å². The Balaban J connectivity index is 1.34. The monoisotopic (exact) mass is 451 g/mol. The Kier molecular flexibility index (Phi) is 4.37. The van der Waals surface area contributed by atoms with Crippen LogP contribution in [0.3, 0.4) is 0 Å². The average molecular weight is 452 g/mol. The molecular formula is C27H22FN5O. The van der Waals surface area contributed by atoms with Crippen molar-refractivity contribution in [3.8, 4) is 11.8 Å². The number of pyridine rings is 1. The second-order valence-corrected chi connectivity index (χ2v) is 9.40. The molecule has 1 aliphatic heterocycles. The Hall–Kier alpha value is -4.05. The van der Waals surface area contributed by atoms with Crippen LogP contribution in [-0.4, -0.2) is 38.7 Å². The van der Waals surface area contributed by atoms with Crippen molar-refractivity contribution in [2.45, 2.75) is 19.3 Å². The van der Waals surface area contributed by atoms with Crippen LogP contribution in [0, 0.1) is 35.9 Å². The van der Waals surface area contributed by atoms with Gasteiger partial charge in [0.05, 0.1) is 17.4 Å². The van der Waals surface area contributed by atoms with Crippen molar-refractivity contribution in [2.24, 2.45) is 11.8 Å². The highest BCUT2D eigenvalue weighted by Gasteiger charge is 2.68. The molecule has 4 aromatic rings. The van der Waals surface area contributed by atoms with Crippen molar-refractivity contribution in [3.05, 3.63) is 89.1 Å². The molecule has 0 spiro atoms. The van der Waals surface area contributed by atoms with Crippen molar-refractivity contribution < 1.29 is 9.18 Å². The lowest BCUT2D eigenvalue weighted by Gasteiger charge is -2.24. The predicted molar refractivity (Wildman–Crippen MR) is 125 cm³/mol. The summed E-state index contributed by atoms with van der Waals surface area (Å²) in [6.45, 7) is 5.68. The zero-order valence-corrected chi connectivity index (χ0v) is 18.9. The van der Waals surface area contributed by atoms with Gasteiger partial charge in [-0.25, -0.2) is 14.1 Å². The van der Waals surface area contributed by atoms with Crippen LogP contribution in [0.5, 0.6) is 0 Å². The van der Waals surface area contributed by atoms with Crippen LogP contribution in [0.25, 0.3) is 16.6 Å². The molecule has 1 saturated heterocycles. The molecule has 2 aromatic carbocycles. The molecule has 2 aliphatic rings. The summed E-state index contributed by atoms with van der Waals surface area (Å²) in [5.74, 6) is 0.456. The van der Waals surface area contributed by atoms with Crippen molar-refractivity contribution in [1.82, 2.24) is 19.7 Å². The first-order valence-corrected chi connectivity index (χ1v) is 11.3. The second kappa shape index (κ2) is 7.22. The third-order valence-corrected chi connectivity index (χ3v) is 7.69. The van der Waals surface area contributed by atoms with Crippen LogP contribution >= 0.6 is 0 Å². The summed E-state index contributed by atoms with van der Waals surface area (Å²) in [6.07, 6.45) is 1.84. The van der Waals surface area contributed by atoms with E-state index in [0.717, 1.165) is 22.2 Å². The van der Waals surface area contributed by atoms with Gasteiger partial charge in [0.15, 0.2) is 0 Å². The molecule has 3 heterocycles. The molecule has 2 aromatic heterocycles. The summed E-state index contributed by atoms with van der Waals surface area (Å²) < 4.78 is 15.2. The number of rotatable bonds is 3. The van der Waals surface area contributed by atoms with Crippen LogP contribution in [0.2, 0.25) is 0 Å². The second-order valence-electron chi connectivity index (χ2n) is 9.40. The molecule has 7 heteroatoms. The van der Waals surface area contributed by atoms with Gasteiger partial charge in [-0.2, -0.15) is 10.4 Å². The molecule has 0 bridgehead atoms. The molecule has 6 rings (SSSR count). The first-order valence-electron chi connectivity index (χ1n) is 11.3. The molecule has 1 amide bonds. The summed E-state index contributed by atoms with van der Waals surface area (Å²) >= 11 is 0. The number of piperidine rings is 1. The number of carbonyl (C=O) groups excluding carboxylic acids is 1. The van der Waals surface area contributed by atoms with Gasteiger partial charge in [0.1, 0.15) is 23.3 Å². The van der Waals surface area contributed by atoms with Gasteiger partial charge in [0.25, 0.3) is 5.91 Å². The molecular weight excluding hydrogens is 429 g/mol. The Morgan fingerprint density at radius 3 is 2.76 bits per heavy atom. The summed E-state index contributed by atoms with van der Waals surface area (Å²) in [5, 5.41) is 14.7. The van der Waals surface area contributed by atoms with E-state index in [1.54, 1.807) is 30.3 Å². The third kappa shape index (κ3) is 2.88. The molecule has 0 unspecified atom stereocenters. The maximum absolute atomic E-state index is 13.4. The largest absolute Gasteiger partial charge is 0.336 e. The average Bonchev–Trinajstić information content (AvgIpc) is 3.18. The number of fused-ring (bicyclic) bond motifs is 2. The maximum atomic E-state index is 13.4.